The Balaban J connectivity index is 2.03. The van der Waals surface area contributed by atoms with E-state index in [1.807, 2.05) is 36.4 Å². The molecule has 0 bridgehead atoms. The highest BCUT2D eigenvalue weighted by Gasteiger charge is 2.04. The Morgan fingerprint density at radius 1 is 1.17 bits per heavy atom. The average Bonchev–Trinajstić information content (AvgIpc) is 2.42. The van der Waals surface area contributed by atoms with E-state index in [0.717, 1.165) is 11.3 Å². The molecule has 2 aromatic rings. The fourth-order valence-corrected chi connectivity index (χ4v) is 1.80. The molecule has 1 atom stereocenters. The van der Waals surface area contributed by atoms with Gasteiger partial charge in [0.25, 0.3) is 0 Å². The Hall–Kier alpha value is -2.34. The molecule has 1 N–H and O–H groups in total. The molecule has 1 aromatic carbocycles. The van der Waals surface area contributed by atoms with E-state index in [2.05, 4.69) is 23.3 Å². The summed E-state index contributed by atoms with van der Waals surface area (Å²) in [7, 11) is 0. The van der Waals surface area contributed by atoms with Crippen LogP contribution in [0.25, 0.3) is 0 Å². The smallest absolute Gasteiger partial charge is 0.0669 e. The quantitative estimate of drug-likeness (QED) is 0.887. The molecule has 18 heavy (non-hydrogen) atoms. The molecule has 0 radical (unpaired) electrons. The van der Waals surface area contributed by atoms with Crippen LogP contribution in [0.4, 0.5) is 5.69 Å². The first-order valence-corrected chi connectivity index (χ1v) is 5.92. The highest BCUT2D eigenvalue weighted by molar-refractivity contribution is 5.46. The Morgan fingerprint density at radius 3 is 2.44 bits per heavy atom. The molecular weight excluding hydrogens is 222 g/mol. The van der Waals surface area contributed by atoms with Gasteiger partial charge < -0.3 is 5.32 Å². The van der Waals surface area contributed by atoms with Gasteiger partial charge in [-0.25, -0.2) is 0 Å². The molecule has 0 spiro atoms. The summed E-state index contributed by atoms with van der Waals surface area (Å²) in [6.07, 6.45) is 4.05. The van der Waals surface area contributed by atoms with E-state index in [1.165, 1.54) is 5.56 Å². The zero-order valence-electron chi connectivity index (χ0n) is 10.3. The van der Waals surface area contributed by atoms with Crippen molar-refractivity contribution in [2.45, 2.75) is 19.4 Å². The fourth-order valence-electron chi connectivity index (χ4n) is 1.80. The Bertz CT molecular complexity index is 526. The van der Waals surface area contributed by atoms with Gasteiger partial charge in [-0.15, -0.1) is 0 Å². The number of nitrogens with zero attached hydrogens (tertiary/aromatic N) is 2. The van der Waals surface area contributed by atoms with Crippen LogP contribution in [0.2, 0.25) is 0 Å². The average molecular weight is 237 g/mol. The largest absolute Gasteiger partial charge is 0.379 e. The lowest BCUT2D eigenvalue weighted by molar-refractivity contribution is 0.880. The molecule has 2 rings (SSSR count). The SMILES string of the molecule is CC(Nc1ccc(CC#N)cc1)c1ccncc1. The van der Waals surface area contributed by atoms with Crippen LogP contribution in [0.15, 0.2) is 48.8 Å². The molecule has 0 aliphatic heterocycles. The summed E-state index contributed by atoms with van der Waals surface area (Å²) < 4.78 is 0. The number of hydrogen-bond acceptors (Lipinski definition) is 3. The van der Waals surface area contributed by atoms with Crippen molar-refractivity contribution >= 4 is 5.69 Å². The summed E-state index contributed by atoms with van der Waals surface area (Å²) in [4.78, 5) is 4.01. The maximum atomic E-state index is 8.61. The van der Waals surface area contributed by atoms with Crippen molar-refractivity contribution < 1.29 is 0 Å². The van der Waals surface area contributed by atoms with Crippen LogP contribution < -0.4 is 5.32 Å². The minimum atomic E-state index is 0.231. The van der Waals surface area contributed by atoms with E-state index >= 15 is 0 Å². The number of anilines is 1. The van der Waals surface area contributed by atoms with Crippen molar-refractivity contribution in [1.82, 2.24) is 4.98 Å². The van der Waals surface area contributed by atoms with Gasteiger partial charge in [0.2, 0.25) is 0 Å². The van der Waals surface area contributed by atoms with Gasteiger partial charge in [-0.05, 0) is 42.3 Å². The number of rotatable bonds is 4. The number of nitrogens with one attached hydrogen (secondary N) is 1. The van der Waals surface area contributed by atoms with Gasteiger partial charge in [0.1, 0.15) is 0 Å². The predicted molar refractivity (Wildman–Crippen MR) is 72.0 cm³/mol. The molecule has 1 aromatic heterocycles. The van der Waals surface area contributed by atoms with E-state index in [-0.39, 0.29) is 6.04 Å². The molecular formula is C15H15N3. The van der Waals surface area contributed by atoms with Gasteiger partial charge >= 0.3 is 0 Å². The molecule has 0 aliphatic carbocycles. The third kappa shape index (κ3) is 3.08. The Labute approximate surface area is 107 Å². The fraction of sp³-hybridized carbons (Fsp3) is 0.200. The van der Waals surface area contributed by atoms with Gasteiger partial charge in [-0.3, -0.25) is 4.98 Å². The van der Waals surface area contributed by atoms with Crippen LogP contribution in [-0.2, 0) is 6.42 Å². The summed E-state index contributed by atoms with van der Waals surface area (Å²) in [5.74, 6) is 0. The van der Waals surface area contributed by atoms with E-state index in [9.17, 15) is 0 Å². The minimum Gasteiger partial charge on any atom is -0.379 e. The topological polar surface area (TPSA) is 48.7 Å². The summed E-state index contributed by atoms with van der Waals surface area (Å²) >= 11 is 0. The van der Waals surface area contributed by atoms with Crippen molar-refractivity contribution in [1.29, 1.82) is 5.26 Å². The number of benzene rings is 1. The number of nitriles is 1. The molecule has 0 saturated heterocycles. The van der Waals surface area contributed by atoms with E-state index in [4.69, 9.17) is 5.26 Å². The van der Waals surface area contributed by atoms with Crippen LogP contribution >= 0.6 is 0 Å². The lowest BCUT2D eigenvalue weighted by Gasteiger charge is -2.15. The Morgan fingerprint density at radius 2 is 1.83 bits per heavy atom. The lowest BCUT2D eigenvalue weighted by atomic mass is 10.1. The van der Waals surface area contributed by atoms with Gasteiger partial charge in [-0.2, -0.15) is 5.26 Å². The maximum absolute atomic E-state index is 8.61. The minimum absolute atomic E-state index is 0.231. The zero-order chi connectivity index (χ0) is 12.8. The van der Waals surface area contributed by atoms with Crippen LogP contribution in [0.1, 0.15) is 24.1 Å². The molecule has 3 heteroatoms. The number of aromatic nitrogens is 1. The van der Waals surface area contributed by atoms with Crippen LogP contribution in [0, 0.1) is 11.3 Å². The van der Waals surface area contributed by atoms with Crippen molar-refractivity contribution in [3.8, 4) is 6.07 Å². The van der Waals surface area contributed by atoms with E-state index in [1.54, 1.807) is 12.4 Å². The van der Waals surface area contributed by atoms with Gasteiger partial charge in [-0.1, -0.05) is 12.1 Å². The van der Waals surface area contributed by atoms with Gasteiger partial charge in [0.05, 0.1) is 12.5 Å². The molecule has 0 saturated carbocycles. The normalized spacial score (nSPS) is 11.6. The molecule has 0 amide bonds. The molecule has 1 unspecified atom stereocenters. The summed E-state index contributed by atoms with van der Waals surface area (Å²) in [5, 5.41) is 12.0. The summed E-state index contributed by atoms with van der Waals surface area (Å²) in [6.45, 7) is 2.11. The number of hydrogen-bond donors (Lipinski definition) is 1. The molecule has 3 nitrogen and oxygen atoms in total. The van der Waals surface area contributed by atoms with E-state index < -0.39 is 0 Å². The second-order valence-electron chi connectivity index (χ2n) is 4.18. The molecule has 90 valence electrons. The molecule has 0 fully saturated rings. The predicted octanol–water partition coefficient (Wildman–Crippen LogP) is 3.32. The van der Waals surface area contributed by atoms with Gasteiger partial charge in [0.15, 0.2) is 0 Å². The van der Waals surface area contributed by atoms with Crippen molar-refractivity contribution in [3.63, 3.8) is 0 Å². The zero-order valence-corrected chi connectivity index (χ0v) is 10.3. The lowest BCUT2D eigenvalue weighted by Crippen LogP contribution is -2.06. The van der Waals surface area contributed by atoms with Crippen LogP contribution in [0.3, 0.4) is 0 Å². The third-order valence-electron chi connectivity index (χ3n) is 2.83. The van der Waals surface area contributed by atoms with Crippen molar-refractivity contribution in [2.75, 3.05) is 5.32 Å². The standard InChI is InChI=1S/C15H15N3/c1-12(14-7-10-17-11-8-14)18-15-4-2-13(3-5-15)6-9-16/h2-5,7-8,10-12,18H,6H2,1H3. The molecule has 0 aliphatic rings. The van der Waals surface area contributed by atoms with Crippen LogP contribution in [-0.4, -0.2) is 4.98 Å². The highest BCUT2D eigenvalue weighted by Crippen LogP contribution is 2.18. The second kappa shape index (κ2) is 5.83. The maximum Gasteiger partial charge on any atom is 0.0669 e. The van der Waals surface area contributed by atoms with Crippen molar-refractivity contribution in [2.24, 2.45) is 0 Å². The third-order valence-corrected chi connectivity index (χ3v) is 2.83. The monoisotopic (exact) mass is 237 g/mol. The highest BCUT2D eigenvalue weighted by atomic mass is 14.9. The summed E-state index contributed by atoms with van der Waals surface area (Å²) in [6, 6.07) is 14.3. The number of pyridine rings is 1. The second-order valence-corrected chi connectivity index (χ2v) is 4.18. The van der Waals surface area contributed by atoms with Crippen LogP contribution in [0.5, 0.6) is 0 Å². The molecule has 1 heterocycles. The first-order valence-electron chi connectivity index (χ1n) is 5.92. The Kier molecular flexibility index (Phi) is 3.93. The first-order chi connectivity index (χ1) is 8.79. The van der Waals surface area contributed by atoms with E-state index in [0.29, 0.717) is 6.42 Å². The van der Waals surface area contributed by atoms with Gasteiger partial charge in [0, 0.05) is 24.1 Å². The van der Waals surface area contributed by atoms with Crippen molar-refractivity contribution in [3.05, 3.63) is 59.9 Å². The summed E-state index contributed by atoms with van der Waals surface area (Å²) in [5.41, 5.74) is 3.30. The first kappa shape index (κ1) is 12.1.